The van der Waals surface area contributed by atoms with E-state index in [9.17, 15) is 0 Å². The van der Waals surface area contributed by atoms with Gasteiger partial charge in [0.25, 0.3) is 0 Å². The minimum Gasteiger partial charge on any atom is -0.376 e. The molecule has 0 aromatic heterocycles. The van der Waals surface area contributed by atoms with Crippen molar-refractivity contribution < 1.29 is 4.74 Å². The number of rotatable bonds is 6. The molecule has 0 aliphatic heterocycles. The molecule has 0 aromatic carbocycles. The average Bonchev–Trinajstić information content (AvgIpc) is 3.11. The van der Waals surface area contributed by atoms with Crippen molar-refractivity contribution in [3.05, 3.63) is 0 Å². The predicted octanol–water partition coefficient (Wildman–Crippen LogP) is 3.50. The molecule has 0 spiro atoms. The maximum Gasteiger partial charge on any atom is 0.0728 e. The van der Waals surface area contributed by atoms with Crippen molar-refractivity contribution in [2.24, 2.45) is 5.92 Å². The maximum absolute atomic E-state index is 6.19. The van der Waals surface area contributed by atoms with Crippen LogP contribution in [0.5, 0.6) is 0 Å². The zero-order valence-corrected chi connectivity index (χ0v) is 11.4. The molecule has 0 aromatic rings. The van der Waals surface area contributed by atoms with E-state index in [-0.39, 0.29) is 0 Å². The third-order valence-corrected chi connectivity index (χ3v) is 4.10. The van der Waals surface area contributed by atoms with Gasteiger partial charge in [0.05, 0.1) is 6.10 Å². The molecule has 2 rings (SSSR count). The molecular weight excluding hydrogens is 210 g/mol. The lowest BCUT2D eigenvalue weighted by Crippen LogP contribution is -2.42. The second-order valence-corrected chi connectivity index (χ2v) is 5.87. The molecule has 0 amide bonds. The largest absolute Gasteiger partial charge is 0.376 e. The molecule has 2 atom stereocenters. The van der Waals surface area contributed by atoms with Gasteiger partial charge >= 0.3 is 0 Å². The van der Waals surface area contributed by atoms with Crippen LogP contribution >= 0.6 is 0 Å². The van der Waals surface area contributed by atoms with Crippen LogP contribution < -0.4 is 5.32 Å². The quantitative estimate of drug-likeness (QED) is 0.766. The molecule has 100 valence electrons. The van der Waals surface area contributed by atoms with E-state index in [4.69, 9.17) is 4.74 Å². The van der Waals surface area contributed by atoms with E-state index in [1.807, 2.05) is 0 Å². The molecule has 2 unspecified atom stereocenters. The minimum absolute atomic E-state index is 0.488. The van der Waals surface area contributed by atoms with Crippen LogP contribution in [0.3, 0.4) is 0 Å². The fourth-order valence-electron chi connectivity index (χ4n) is 2.76. The molecule has 17 heavy (non-hydrogen) atoms. The Kier molecular flexibility index (Phi) is 5.79. The Labute approximate surface area is 107 Å². The lowest BCUT2D eigenvalue weighted by atomic mass is 9.94. The van der Waals surface area contributed by atoms with Crippen LogP contribution in [0.2, 0.25) is 0 Å². The summed E-state index contributed by atoms with van der Waals surface area (Å²) in [5, 5.41) is 3.71. The summed E-state index contributed by atoms with van der Waals surface area (Å²) in [6.07, 6.45) is 12.7. The summed E-state index contributed by atoms with van der Waals surface area (Å²) in [5.74, 6) is 0.896. The monoisotopic (exact) mass is 239 g/mol. The third-order valence-electron chi connectivity index (χ3n) is 4.10. The summed E-state index contributed by atoms with van der Waals surface area (Å²) in [5.41, 5.74) is 0. The zero-order valence-electron chi connectivity index (χ0n) is 11.4. The Bertz CT molecular complexity index is 201. The molecule has 0 saturated heterocycles. The third kappa shape index (κ3) is 4.97. The molecule has 2 nitrogen and oxygen atoms in total. The molecule has 1 N–H and O–H groups in total. The van der Waals surface area contributed by atoms with Crippen LogP contribution in [0.15, 0.2) is 0 Å². The van der Waals surface area contributed by atoms with Gasteiger partial charge in [-0.15, -0.1) is 0 Å². The van der Waals surface area contributed by atoms with E-state index >= 15 is 0 Å². The summed E-state index contributed by atoms with van der Waals surface area (Å²) in [6, 6.07) is 0.619. The number of nitrogens with one attached hydrogen (secondary N) is 1. The Morgan fingerprint density at radius 1 is 1.00 bits per heavy atom. The van der Waals surface area contributed by atoms with Crippen LogP contribution in [0.1, 0.15) is 64.7 Å². The van der Waals surface area contributed by atoms with Gasteiger partial charge in [0.1, 0.15) is 0 Å². The fourth-order valence-corrected chi connectivity index (χ4v) is 2.76. The number of hydrogen-bond acceptors (Lipinski definition) is 2. The SMILES string of the molecule is CCCNC1CCCCCCC1OCC1CC1. The first kappa shape index (κ1) is 13.4. The van der Waals surface area contributed by atoms with Gasteiger partial charge in [0, 0.05) is 12.6 Å². The molecule has 0 bridgehead atoms. The van der Waals surface area contributed by atoms with E-state index in [0.717, 1.165) is 19.1 Å². The van der Waals surface area contributed by atoms with Crippen molar-refractivity contribution in [2.75, 3.05) is 13.2 Å². The minimum atomic E-state index is 0.488. The molecule has 2 aliphatic rings. The summed E-state index contributed by atoms with van der Waals surface area (Å²) in [4.78, 5) is 0. The van der Waals surface area contributed by atoms with Gasteiger partial charge in [-0.3, -0.25) is 0 Å². The zero-order chi connectivity index (χ0) is 11.9. The molecule has 2 heteroatoms. The van der Waals surface area contributed by atoms with Crippen molar-refractivity contribution in [2.45, 2.75) is 76.9 Å². The highest BCUT2D eigenvalue weighted by molar-refractivity contribution is 4.81. The average molecular weight is 239 g/mol. The molecule has 0 radical (unpaired) electrons. The molecule has 0 heterocycles. The van der Waals surface area contributed by atoms with Gasteiger partial charge < -0.3 is 10.1 Å². The standard InChI is InChI=1S/C15H29NO/c1-2-11-16-14-7-5-3-4-6-8-15(14)17-12-13-9-10-13/h13-16H,2-12H2,1H3. The van der Waals surface area contributed by atoms with Crippen molar-refractivity contribution in [3.8, 4) is 0 Å². The van der Waals surface area contributed by atoms with Crippen LogP contribution in [-0.2, 0) is 4.74 Å². The van der Waals surface area contributed by atoms with Crippen molar-refractivity contribution in [1.29, 1.82) is 0 Å². The summed E-state index contributed by atoms with van der Waals surface area (Å²) >= 11 is 0. The van der Waals surface area contributed by atoms with Crippen molar-refractivity contribution >= 4 is 0 Å². The van der Waals surface area contributed by atoms with E-state index in [2.05, 4.69) is 12.2 Å². The van der Waals surface area contributed by atoms with Gasteiger partial charge in [-0.05, 0) is 44.6 Å². The molecular formula is C15H29NO. The first-order chi connectivity index (χ1) is 8.40. The van der Waals surface area contributed by atoms with Gasteiger partial charge in [0.2, 0.25) is 0 Å². The summed E-state index contributed by atoms with van der Waals surface area (Å²) in [6.45, 7) is 4.42. The Morgan fingerprint density at radius 3 is 2.47 bits per heavy atom. The predicted molar refractivity (Wildman–Crippen MR) is 72.2 cm³/mol. The van der Waals surface area contributed by atoms with Gasteiger partial charge in [-0.2, -0.15) is 0 Å². The molecule has 2 aliphatic carbocycles. The van der Waals surface area contributed by atoms with Crippen molar-refractivity contribution in [3.63, 3.8) is 0 Å². The smallest absolute Gasteiger partial charge is 0.0728 e. The second kappa shape index (κ2) is 7.38. The second-order valence-electron chi connectivity index (χ2n) is 5.87. The van der Waals surface area contributed by atoms with E-state index in [0.29, 0.717) is 12.1 Å². The Hall–Kier alpha value is -0.0800. The van der Waals surface area contributed by atoms with E-state index < -0.39 is 0 Å². The van der Waals surface area contributed by atoms with Gasteiger partial charge in [-0.1, -0.05) is 32.6 Å². The molecule has 2 fully saturated rings. The first-order valence-corrected chi connectivity index (χ1v) is 7.75. The highest BCUT2D eigenvalue weighted by Crippen LogP contribution is 2.30. The number of hydrogen-bond donors (Lipinski definition) is 1. The van der Waals surface area contributed by atoms with Crippen LogP contribution in [0, 0.1) is 5.92 Å². The van der Waals surface area contributed by atoms with Gasteiger partial charge in [0.15, 0.2) is 0 Å². The van der Waals surface area contributed by atoms with Crippen molar-refractivity contribution in [1.82, 2.24) is 5.32 Å². The van der Waals surface area contributed by atoms with Crippen LogP contribution in [0.25, 0.3) is 0 Å². The van der Waals surface area contributed by atoms with E-state index in [1.54, 1.807) is 0 Å². The van der Waals surface area contributed by atoms with Crippen LogP contribution in [0.4, 0.5) is 0 Å². The highest BCUT2D eigenvalue weighted by atomic mass is 16.5. The topological polar surface area (TPSA) is 21.3 Å². The lowest BCUT2D eigenvalue weighted by molar-refractivity contribution is 0.00778. The summed E-state index contributed by atoms with van der Waals surface area (Å²) < 4.78 is 6.19. The fraction of sp³-hybridized carbons (Fsp3) is 1.00. The Balaban J connectivity index is 1.78. The normalized spacial score (nSPS) is 30.9. The van der Waals surface area contributed by atoms with E-state index in [1.165, 1.54) is 57.8 Å². The molecule has 2 saturated carbocycles. The number of ether oxygens (including phenoxy) is 1. The highest BCUT2D eigenvalue weighted by Gasteiger charge is 2.27. The van der Waals surface area contributed by atoms with Crippen LogP contribution in [-0.4, -0.2) is 25.3 Å². The lowest BCUT2D eigenvalue weighted by Gasteiger charge is -2.30. The Morgan fingerprint density at radius 2 is 1.76 bits per heavy atom. The maximum atomic E-state index is 6.19. The summed E-state index contributed by atoms with van der Waals surface area (Å²) in [7, 11) is 0. The first-order valence-electron chi connectivity index (χ1n) is 7.75. The van der Waals surface area contributed by atoms with Gasteiger partial charge in [-0.25, -0.2) is 0 Å².